The lowest BCUT2D eigenvalue weighted by Crippen LogP contribution is -2.32. The first-order chi connectivity index (χ1) is 10.9. The molecule has 1 atom stereocenters. The minimum atomic E-state index is -1.11. The van der Waals surface area contributed by atoms with Gasteiger partial charge in [-0.3, -0.25) is 0 Å². The number of rotatable bonds is 7. The molecule has 0 amide bonds. The van der Waals surface area contributed by atoms with Crippen LogP contribution in [0.25, 0.3) is 0 Å². The van der Waals surface area contributed by atoms with Crippen LogP contribution in [0.1, 0.15) is 78.6 Å². The van der Waals surface area contributed by atoms with Crippen LogP contribution in [0.4, 0.5) is 0 Å². The molecule has 0 aliphatic heterocycles. The summed E-state index contributed by atoms with van der Waals surface area (Å²) in [5.41, 5.74) is 0.249. The largest absolute Gasteiger partial charge is 0.234 e. The van der Waals surface area contributed by atoms with Crippen LogP contribution in [0.5, 0.6) is 0 Å². The third kappa shape index (κ3) is 5.59. The van der Waals surface area contributed by atoms with Gasteiger partial charge in [0.25, 0.3) is 0 Å². The SMILES string of the molecule is CC(C)(C)S(=O)N=CC1(CC2CC2)CCC(SCC2CC2)CC1. The highest BCUT2D eigenvalue weighted by Crippen LogP contribution is 2.49. The summed E-state index contributed by atoms with van der Waals surface area (Å²) in [4.78, 5) is 0. The van der Waals surface area contributed by atoms with E-state index in [0.29, 0.717) is 0 Å². The van der Waals surface area contributed by atoms with Crippen molar-refractivity contribution >= 4 is 29.0 Å². The van der Waals surface area contributed by atoms with E-state index in [1.165, 1.54) is 63.5 Å². The molecule has 3 fully saturated rings. The van der Waals surface area contributed by atoms with Crippen molar-refractivity contribution in [2.24, 2.45) is 21.6 Å². The van der Waals surface area contributed by atoms with Crippen molar-refractivity contribution in [3.05, 3.63) is 0 Å². The molecular weight excluding hydrogens is 322 g/mol. The zero-order valence-corrected chi connectivity index (χ0v) is 16.7. The summed E-state index contributed by atoms with van der Waals surface area (Å²) in [6.45, 7) is 6.04. The zero-order valence-electron chi connectivity index (χ0n) is 15.1. The van der Waals surface area contributed by atoms with Gasteiger partial charge >= 0.3 is 0 Å². The number of nitrogens with zero attached hydrogens (tertiary/aromatic N) is 1. The molecule has 0 spiro atoms. The summed E-state index contributed by atoms with van der Waals surface area (Å²) in [7, 11) is -1.11. The molecule has 0 aromatic heterocycles. The monoisotopic (exact) mass is 355 g/mol. The fraction of sp³-hybridized carbons (Fsp3) is 0.947. The number of thioether (sulfide) groups is 1. The minimum absolute atomic E-state index is 0.241. The molecule has 3 rings (SSSR count). The van der Waals surface area contributed by atoms with Crippen LogP contribution in [0.2, 0.25) is 0 Å². The average molecular weight is 356 g/mol. The van der Waals surface area contributed by atoms with Gasteiger partial charge in [0.05, 0.1) is 4.75 Å². The molecule has 3 aliphatic rings. The Morgan fingerprint density at radius 3 is 2.22 bits per heavy atom. The predicted molar refractivity (Wildman–Crippen MR) is 104 cm³/mol. The van der Waals surface area contributed by atoms with Crippen LogP contribution in [-0.4, -0.2) is 26.2 Å². The second-order valence-electron chi connectivity index (χ2n) is 9.08. The first-order valence-corrected chi connectivity index (χ1v) is 11.6. The van der Waals surface area contributed by atoms with E-state index in [1.807, 2.05) is 20.8 Å². The highest BCUT2D eigenvalue weighted by Gasteiger charge is 2.39. The van der Waals surface area contributed by atoms with E-state index in [2.05, 4.69) is 22.4 Å². The Kier molecular flexibility index (Phi) is 5.62. The summed E-state index contributed by atoms with van der Waals surface area (Å²) in [5, 5.41) is 0.865. The Labute approximate surface area is 149 Å². The minimum Gasteiger partial charge on any atom is -0.234 e. The molecule has 0 saturated heterocycles. The third-order valence-electron chi connectivity index (χ3n) is 5.53. The van der Waals surface area contributed by atoms with Crippen LogP contribution >= 0.6 is 11.8 Å². The highest BCUT2D eigenvalue weighted by atomic mass is 32.2. The maximum atomic E-state index is 12.3. The molecule has 0 bridgehead atoms. The lowest BCUT2D eigenvalue weighted by atomic mass is 9.71. The van der Waals surface area contributed by atoms with Gasteiger partial charge in [0.1, 0.15) is 11.0 Å². The zero-order chi connectivity index (χ0) is 16.5. The molecular formula is C19H33NOS2. The van der Waals surface area contributed by atoms with Gasteiger partial charge in [-0.1, -0.05) is 12.8 Å². The molecule has 2 nitrogen and oxygen atoms in total. The molecule has 0 radical (unpaired) electrons. The van der Waals surface area contributed by atoms with Gasteiger partial charge in [0.15, 0.2) is 0 Å². The van der Waals surface area contributed by atoms with E-state index < -0.39 is 11.0 Å². The van der Waals surface area contributed by atoms with E-state index >= 15 is 0 Å². The van der Waals surface area contributed by atoms with Crippen LogP contribution in [0, 0.1) is 17.3 Å². The molecule has 4 heteroatoms. The van der Waals surface area contributed by atoms with Gasteiger partial charge in [-0.15, -0.1) is 0 Å². The van der Waals surface area contributed by atoms with E-state index in [9.17, 15) is 4.21 Å². The topological polar surface area (TPSA) is 29.4 Å². The van der Waals surface area contributed by atoms with Crippen LogP contribution in [-0.2, 0) is 11.0 Å². The van der Waals surface area contributed by atoms with Crippen LogP contribution in [0.15, 0.2) is 4.40 Å². The lowest BCUT2D eigenvalue weighted by molar-refractivity contribution is 0.264. The summed E-state index contributed by atoms with van der Waals surface area (Å²) < 4.78 is 16.6. The summed E-state index contributed by atoms with van der Waals surface area (Å²) in [5.74, 6) is 3.34. The first-order valence-electron chi connectivity index (χ1n) is 9.45. The molecule has 0 N–H and O–H groups in total. The van der Waals surface area contributed by atoms with E-state index in [4.69, 9.17) is 0 Å². The third-order valence-corrected chi connectivity index (χ3v) is 8.48. The van der Waals surface area contributed by atoms with Gasteiger partial charge in [-0.25, -0.2) is 4.21 Å². The summed E-state index contributed by atoms with van der Waals surface area (Å²) in [6, 6.07) is 0. The highest BCUT2D eigenvalue weighted by molar-refractivity contribution is 7.99. The van der Waals surface area contributed by atoms with Crippen molar-refractivity contribution < 1.29 is 4.21 Å². The van der Waals surface area contributed by atoms with Crippen LogP contribution < -0.4 is 0 Å². The van der Waals surface area contributed by atoms with Gasteiger partial charge in [0.2, 0.25) is 0 Å². The van der Waals surface area contributed by atoms with Crippen molar-refractivity contribution in [2.45, 2.75) is 88.6 Å². The Morgan fingerprint density at radius 2 is 1.70 bits per heavy atom. The van der Waals surface area contributed by atoms with Crippen molar-refractivity contribution in [1.29, 1.82) is 0 Å². The molecule has 3 aliphatic carbocycles. The summed E-state index contributed by atoms with van der Waals surface area (Å²) >= 11 is 2.23. The van der Waals surface area contributed by atoms with Gasteiger partial charge in [-0.2, -0.15) is 16.2 Å². The molecule has 3 saturated carbocycles. The molecule has 132 valence electrons. The smallest absolute Gasteiger partial charge is 0.144 e. The predicted octanol–water partition coefficient (Wildman–Crippen LogP) is 5.39. The quantitative estimate of drug-likeness (QED) is 0.573. The van der Waals surface area contributed by atoms with Gasteiger partial charge in [0, 0.05) is 16.9 Å². The molecule has 23 heavy (non-hydrogen) atoms. The average Bonchev–Trinajstić information content (AvgIpc) is 3.38. The number of hydrogen-bond donors (Lipinski definition) is 0. The second kappa shape index (κ2) is 7.19. The molecule has 0 aromatic carbocycles. The van der Waals surface area contributed by atoms with E-state index in [-0.39, 0.29) is 10.2 Å². The Bertz CT molecular complexity index is 452. The Hall–Kier alpha value is 0.170. The Balaban J connectivity index is 1.56. The molecule has 0 aromatic rings. The first kappa shape index (κ1) is 18.0. The number of hydrogen-bond acceptors (Lipinski definition) is 2. The van der Waals surface area contributed by atoms with Gasteiger partial charge < -0.3 is 0 Å². The Morgan fingerprint density at radius 1 is 1.09 bits per heavy atom. The maximum absolute atomic E-state index is 12.3. The fourth-order valence-electron chi connectivity index (χ4n) is 3.49. The fourth-order valence-corrected chi connectivity index (χ4v) is 5.57. The van der Waals surface area contributed by atoms with Crippen molar-refractivity contribution in [3.63, 3.8) is 0 Å². The maximum Gasteiger partial charge on any atom is 0.144 e. The van der Waals surface area contributed by atoms with Crippen molar-refractivity contribution in [2.75, 3.05) is 5.75 Å². The molecule has 0 heterocycles. The summed E-state index contributed by atoms with van der Waals surface area (Å²) in [6.07, 6.45) is 14.3. The normalized spacial score (nSPS) is 34.0. The van der Waals surface area contributed by atoms with Crippen molar-refractivity contribution in [3.8, 4) is 0 Å². The standard InChI is InChI=1S/C19H33NOS2/c1-18(2,3)23(21)20-14-19(12-15-4-5-15)10-8-17(9-11-19)22-13-16-6-7-16/h14-17H,4-13H2,1-3H3. The lowest BCUT2D eigenvalue weighted by Gasteiger charge is -2.37. The van der Waals surface area contributed by atoms with Crippen molar-refractivity contribution in [1.82, 2.24) is 0 Å². The van der Waals surface area contributed by atoms with E-state index in [1.54, 1.807) is 0 Å². The van der Waals surface area contributed by atoms with Gasteiger partial charge in [-0.05, 0) is 83.3 Å². The second-order valence-corrected chi connectivity index (χ2v) is 12.3. The van der Waals surface area contributed by atoms with Crippen LogP contribution in [0.3, 0.4) is 0 Å². The molecule has 1 unspecified atom stereocenters. The van der Waals surface area contributed by atoms with E-state index in [0.717, 1.165) is 17.1 Å².